The average molecular weight is 341 g/mol. The smallest absolute Gasteiger partial charge is 0.0764 e. The zero-order valence-electron chi connectivity index (χ0n) is 12.6. The molecule has 1 fully saturated rings. The molecule has 0 radical (unpaired) electrons. The Hall–Kier alpha value is -0.450. The van der Waals surface area contributed by atoms with Crippen LogP contribution in [0, 0.1) is 5.92 Å². The predicted molar refractivity (Wildman–Crippen MR) is 85.7 cm³/mol. The van der Waals surface area contributed by atoms with E-state index in [1.165, 1.54) is 12.8 Å². The van der Waals surface area contributed by atoms with E-state index in [4.69, 9.17) is 0 Å². The van der Waals surface area contributed by atoms with Gasteiger partial charge in [0.05, 0.1) is 6.10 Å². The van der Waals surface area contributed by atoms with E-state index < -0.39 is 0 Å². The summed E-state index contributed by atoms with van der Waals surface area (Å²) in [5.74, 6) is 0.780. The molecule has 2 rings (SSSR count). The van der Waals surface area contributed by atoms with Crippen LogP contribution in [0.3, 0.4) is 0 Å². The summed E-state index contributed by atoms with van der Waals surface area (Å²) in [5, 5.41) is 10.8. The third-order valence-corrected chi connectivity index (χ3v) is 5.28. The second kappa shape index (κ2) is 6.54. The van der Waals surface area contributed by atoms with E-state index in [0.29, 0.717) is 6.42 Å². The molecule has 0 aromatic carbocycles. The largest absolute Gasteiger partial charge is 0.391 e. The number of likely N-dealkylation sites (N-methyl/N-ethyl adjacent to an activating group) is 1. The lowest BCUT2D eigenvalue weighted by Crippen LogP contribution is -2.56. The Balaban J connectivity index is 2.13. The van der Waals surface area contributed by atoms with Gasteiger partial charge in [-0.05, 0) is 73.3 Å². The number of aliphatic hydroxyl groups excluding tert-OH is 1. The van der Waals surface area contributed by atoms with E-state index in [2.05, 4.69) is 46.8 Å². The molecule has 1 N–H and O–H groups in total. The third-order valence-electron chi connectivity index (χ3n) is 4.84. The van der Waals surface area contributed by atoms with Crippen molar-refractivity contribution in [2.45, 2.75) is 50.7 Å². The Kier molecular flexibility index (Phi) is 5.21. The topological polar surface area (TPSA) is 36.4 Å². The van der Waals surface area contributed by atoms with Crippen LogP contribution >= 0.6 is 15.9 Å². The number of aromatic nitrogens is 1. The summed E-state index contributed by atoms with van der Waals surface area (Å²) in [5.41, 5.74) is 1.00. The summed E-state index contributed by atoms with van der Waals surface area (Å²) < 4.78 is 0.971. The summed E-state index contributed by atoms with van der Waals surface area (Å²) in [6, 6.07) is 2.05. The van der Waals surface area contributed by atoms with Gasteiger partial charge in [0.15, 0.2) is 0 Å². The molecule has 1 aromatic rings. The number of rotatable bonds is 4. The van der Waals surface area contributed by atoms with Crippen LogP contribution in [0.2, 0.25) is 0 Å². The van der Waals surface area contributed by atoms with E-state index in [1.807, 2.05) is 12.3 Å². The van der Waals surface area contributed by atoms with Crippen molar-refractivity contribution in [1.29, 1.82) is 0 Å². The van der Waals surface area contributed by atoms with E-state index >= 15 is 0 Å². The molecule has 1 atom stereocenters. The molecule has 1 aliphatic carbocycles. The van der Waals surface area contributed by atoms with Gasteiger partial charge >= 0.3 is 0 Å². The van der Waals surface area contributed by atoms with Crippen molar-refractivity contribution in [3.05, 3.63) is 28.5 Å². The SMILES string of the molecule is CC1CCC(C(O)Cc2cncc(Br)c2)(N(C)C)CC1. The molecule has 0 aliphatic heterocycles. The first-order valence-electron chi connectivity index (χ1n) is 7.39. The molecule has 0 spiro atoms. The molecule has 1 unspecified atom stereocenters. The van der Waals surface area contributed by atoms with Gasteiger partial charge in [0, 0.05) is 28.8 Å². The summed E-state index contributed by atoms with van der Waals surface area (Å²) in [4.78, 5) is 6.42. The summed E-state index contributed by atoms with van der Waals surface area (Å²) in [7, 11) is 4.19. The van der Waals surface area contributed by atoms with Gasteiger partial charge in [0.1, 0.15) is 0 Å². The maximum absolute atomic E-state index is 10.8. The van der Waals surface area contributed by atoms with E-state index in [-0.39, 0.29) is 11.6 Å². The van der Waals surface area contributed by atoms with Crippen LogP contribution in [0.15, 0.2) is 22.9 Å². The van der Waals surface area contributed by atoms with Crippen molar-refractivity contribution >= 4 is 15.9 Å². The van der Waals surface area contributed by atoms with Gasteiger partial charge in [-0.15, -0.1) is 0 Å². The van der Waals surface area contributed by atoms with E-state index in [9.17, 15) is 5.11 Å². The second-order valence-corrected chi connectivity index (χ2v) is 7.33. The Morgan fingerprint density at radius 3 is 2.60 bits per heavy atom. The highest BCUT2D eigenvalue weighted by Crippen LogP contribution is 2.38. The number of hydrogen-bond donors (Lipinski definition) is 1. The van der Waals surface area contributed by atoms with Crippen molar-refractivity contribution in [2.75, 3.05) is 14.1 Å². The van der Waals surface area contributed by atoms with Crippen molar-refractivity contribution in [2.24, 2.45) is 5.92 Å². The monoisotopic (exact) mass is 340 g/mol. The fraction of sp³-hybridized carbons (Fsp3) is 0.688. The summed E-state index contributed by atoms with van der Waals surface area (Å²) in [6.45, 7) is 2.31. The van der Waals surface area contributed by atoms with Crippen LogP contribution < -0.4 is 0 Å². The quantitative estimate of drug-likeness (QED) is 0.913. The molecule has 1 saturated carbocycles. The van der Waals surface area contributed by atoms with E-state index in [0.717, 1.165) is 28.8 Å². The number of halogens is 1. The average Bonchev–Trinajstić information content (AvgIpc) is 2.39. The van der Waals surface area contributed by atoms with Crippen molar-refractivity contribution in [3.8, 4) is 0 Å². The van der Waals surface area contributed by atoms with Crippen molar-refractivity contribution in [1.82, 2.24) is 9.88 Å². The van der Waals surface area contributed by atoms with Gasteiger partial charge in [-0.3, -0.25) is 4.98 Å². The van der Waals surface area contributed by atoms with Gasteiger partial charge in [-0.1, -0.05) is 6.92 Å². The Labute approximate surface area is 130 Å². The second-order valence-electron chi connectivity index (χ2n) is 6.41. The van der Waals surface area contributed by atoms with Gasteiger partial charge in [0.25, 0.3) is 0 Å². The molecule has 1 aromatic heterocycles. The molecular weight excluding hydrogens is 316 g/mol. The first-order valence-corrected chi connectivity index (χ1v) is 8.18. The zero-order chi connectivity index (χ0) is 14.8. The Morgan fingerprint density at radius 2 is 2.05 bits per heavy atom. The molecule has 4 heteroatoms. The van der Waals surface area contributed by atoms with Crippen LogP contribution in [-0.4, -0.2) is 40.7 Å². The van der Waals surface area contributed by atoms with Gasteiger partial charge in [-0.2, -0.15) is 0 Å². The molecule has 20 heavy (non-hydrogen) atoms. The Bertz CT molecular complexity index is 442. The summed E-state index contributed by atoms with van der Waals surface area (Å²) in [6.07, 6.45) is 8.49. The minimum absolute atomic E-state index is 0.0885. The maximum atomic E-state index is 10.8. The fourth-order valence-corrected chi connectivity index (χ4v) is 3.73. The first-order chi connectivity index (χ1) is 9.44. The standard InChI is InChI=1S/C16H25BrN2O/c1-12-4-6-16(7-5-12,19(2)3)15(20)9-13-8-14(17)11-18-10-13/h8,10-12,15,20H,4-7,9H2,1-3H3. The molecule has 112 valence electrons. The highest BCUT2D eigenvalue weighted by molar-refractivity contribution is 9.10. The lowest BCUT2D eigenvalue weighted by molar-refractivity contribution is -0.0382. The van der Waals surface area contributed by atoms with Crippen LogP contribution in [0.25, 0.3) is 0 Å². The van der Waals surface area contributed by atoms with Crippen LogP contribution in [0.5, 0.6) is 0 Å². The molecule has 0 bridgehead atoms. The Morgan fingerprint density at radius 1 is 1.40 bits per heavy atom. The van der Waals surface area contributed by atoms with Crippen LogP contribution in [0.1, 0.15) is 38.2 Å². The number of nitrogens with zero attached hydrogens (tertiary/aromatic N) is 2. The molecule has 1 heterocycles. The number of aliphatic hydroxyl groups is 1. The molecular formula is C16H25BrN2O. The molecule has 0 saturated heterocycles. The molecule has 1 aliphatic rings. The highest BCUT2D eigenvalue weighted by Gasteiger charge is 2.42. The fourth-order valence-electron chi connectivity index (χ4n) is 3.32. The van der Waals surface area contributed by atoms with Gasteiger partial charge < -0.3 is 10.0 Å². The predicted octanol–water partition coefficient (Wildman–Crippen LogP) is 3.26. The highest BCUT2D eigenvalue weighted by atomic mass is 79.9. The van der Waals surface area contributed by atoms with Crippen LogP contribution in [-0.2, 0) is 6.42 Å². The first kappa shape index (κ1) is 15.9. The minimum atomic E-state index is -0.346. The number of pyridine rings is 1. The lowest BCUT2D eigenvalue weighted by atomic mass is 9.72. The normalized spacial score (nSPS) is 28.6. The molecule has 3 nitrogen and oxygen atoms in total. The van der Waals surface area contributed by atoms with Crippen molar-refractivity contribution < 1.29 is 5.11 Å². The van der Waals surface area contributed by atoms with Gasteiger partial charge in [0.2, 0.25) is 0 Å². The van der Waals surface area contributed by atoms with Crippen LogP contribution in [0.4, 0.5) is 0 Å². The lowest BCUT2D eigenvalue weighted by Gasteiger charge is -2.47. The number of hydrogen-bond acceptors (Lipinski definition) is 3. The zero-order valence-corrected chi connectivity index (χ0v) is 14.2. The van der Waals surface area contributed by atoms with E-state index in [1.54, 1.807) is 6.20 Å². The van der Waals surface area contributed by atoms with Crippen molar-refractivity contribution in [3.63, 3.8) is 0 Å². The maximum Gasteiger partial charge on any atom is 0.0764 e. The molecule has 0 amide bonds. The minimum Gasteiger partial charge on any atom is -0.391 e. The van der Waals surface area contributed by atoms with Gasteiger partial charge in [-0.25, -0.2) is 0 Å². The summed E-state index contributed by atoms with van der Waals surface area (Å²) >= 11 is 3.44. The third kappa shape index (κ3) is 3.41.